The predicted molar refractivity (Wildman–Crippen MR) is 69.5 cm³/mol. The number of carbonyl (C=O) groups is 2. The lowest BCUT2D eigenvalue weighted by Gasteiger charge is -2.20. The number of hydrogen-bond donors (Lipinski definition) is 0. The van der Waals surface area contributed by atoms with E-state index in [0.29, 0.717) is 0 Å². The first-order chi connectivity index (χ1) is 9.79. The van der Waals surface area contributed by atoms with Crippen LogP contribution in [0.5, 0.6) is 5.88 Å². The molecule has 0 amide bonds. The second kappa shape index (κ2) is 4.89. The smallest absolute Gasteiger partial charge is 0.329 e. The third kappa shape index (κ3) is 2.10. The van der Waals surface area contributed by atoms with Crippen molar-refractivity contribution in [2.24, 2.45) is 14.1 Å². The highest BCUT2D eigenvalue weighted by Crippen LogP contribution is 2.24. The van der Waals surface area contributed by atoms with Gasteiger partial charge < -0.3 is 14.4 Å². The number of rotatable bonds is 2. The van der Waals surface area contributed by atoms with Crippen LogP contribution in [-0.2, 0) is 28.4 Å². The summed E-state index contributed by atoms with van der Waals surface area (Å²) in [5, 5.41) is 12.1. The summed E-state index contributed by atoms with van der Waals surface area (Å²) in [5.41, 5.74) is -2.04. The molecule has 0 N–H and O–H groups in total. The highest BCUT2D eigenvalue weighted by molar-refractivity contribution is 6.49. The topological polar surface area (TPSA) is 110 Å². The van der Waals surface area contributed by atoms with Gasteiger partial charge in [0.1, 0.15) is 0 Å². The maximum absolute atomic E-state index is 12.1. The summed E-state index contributed by atoms with van der Waals surface area (Å²) < 4.78 is 6.26. The lowest BCUT2D eigenvalue weighted by atomic mass is 9.98. The zero-order chi connectivity index (χ0) is 15.9. The first-order valence-corrected chi connectivity index (χ1v) is 5.83. The molecule has 21 heavy (non-hydrogen) atoms. The van der Waals surface area contributed by atoms with Crippen LogP contribution in [0.4, 0.5) is 0 Å². The Hall–Kier alpha value is -2.90. The Morgan fingerprint density at radius 1 is 1.05 bits per heavy atom. The van der Waals surface area contributed by atoms with Crippen molar-refractivity contribution in [1.29, 1.82) is 0 Å². The Morgan fingerprint density at radius 3 is 2.24 bits per heavy atom. The van der Waals surface area contributed by atoms with Crippen molar-refractivity contribution in [2.45, 2.75) is 0 Å². The Labute approximate surface area is 118 Å². The zero-order valence-electron chi connectivity index (χ0n) is 11.5. The molecule has 0 aliphatic heterocycles. The zero-order valence-corrected chi connectivity index (χ0v) is 11.5. The minimum absolute atomic E-state index is 0.0577. The van der Waals surface area contributed by atoms with Crippen LogP contribution >= 0.6 is 0 Å². The number of aromatic nitrogens is 2. The predicted octanol–water partition coefficient (Wildman–Crippen LogP) is -1.78. The summed E-state index contributed by atoms with van der Waals surface area (Å²) >= 11 is 0. The molecular weight excluding hydrogens is 280 g/mol. The second-order valence-electron chi connectivity index (χ2n) is 4.39. The standard InChI is InChI=1S/C13H12N2O6/c1-14-11(18)9(12(19)15(2)13(14)20)6-4-7(16)10(17)8(5-6)21-3/h4-5,18H,1-3H3/p-1. The molecule has 0 fully saturated rings. The summed E-state index contributed by atoms with van der Waals surface area (Å²) in [4.78, 5) is 46.8. The minimum atomic E-state index is -0.903. The van der Waals surface area contributed by atoms with Gasteiger partial charge in [0, 0.05) is 14.1 Å². The molecule has 0 bridgehead atoms. The highest BCUT2D eigenvalue weighted by Gasteiger charge is 2.25. The van der Waals surface area contributed by atoms with E-state index in [2.05, 4.69) is 0 Å². The molecule has 1 heterocycles. The van der Waals surface area contributed by atoms with Crippen LogP contribution in [0.15, 0.2) is 27.5 Å². The fraction of sp³-hybridized carbons (Fsp3) is 0.231. The molecule has 0 saturated heterocycles. The van der Waals surface area contributed by atoms with E-state index in [1.54, 1.807) is 0 Å². The van der Waals surface area contributed by atoms with Crippen LogP contribution in [0.3, 0.4) is 0 Å². The van der Waals surface area contributed by atoms with Crippen molar-refractivity contribution in [1.82, 2.24) is 9.13 Å². The van der Waals surface area contributed by atoms with Gasteiger partial charge in [0.2, 0.25) is 5.78 Å². The third-order valence-electron chi connectivity index (χ3n) is 3.14. The van der Waals surface area contributed by atoms with Crippen molar-refractivity contribution >= 4 is 17.1 Å². The summed E-state index contributed by atoms with van der Waals surface area (Å²) in [5.74, 6) is -2.88. The normalized spacial score (nSPS) is 14.8. The summed E-state index contributed by atoms with van der Waals surface area (Å²) in [6.07, 6.45) is 2.01. The monoisotopic (exact) mass is 291 g/mol. The molecule has 0 unspecified atom stereocenters. The summed E-state index contributed by atoms with van der Waals surface area (Å²) in [6, 6.07) is 0. The lowest BCUT2D eigenvalue weighted by Crippen LogP contribution is -2.40. The van der Waals surface area contributed by atoms with Gasteiger partial charge in [-0.05, 0) is 23.6 Å². The molecule has 0 aromatic carbocycles. The van der Waals surface area contributed by atoms with Gasteiger partial charge in [0.15, 0.2) is 5.76 Å². The van der Waals surface area contributed by atoms with Gasteiger partial charge in [-0.3, -0.25) is 19.0 Å². The summed E-state index contributed by atoms with van der Waals surface area (Å²) in [6.45, 7) is 0. The fourth-order valence-corrected chi connectivity index (χ4v) is 1.95. The molecule has 2 rings (SSSR count). The van der Waals surface area contributed by atoms with E-state index < -0.39 is 28.7 Å². The van der Waals surface area contributed by atoms with Crippen LogP contribution in [0.2, 0.25) is 0 Å². The number of Topliss-reactive ketones (excluding diaryl/α,β-unsaturated/α-hetero) is 1. The first-order valence-electron chi connectivity index (χ1n) is 5.83. The highest BCUT2D eigenvalue weighted by atomic mass is 16.5. The van der Waals surface area contributed by atoms with Gasteiger partial charge in [0.25, 0.3) is 11.3 Å². The number of hydrogen-bond acceptors (Lipinski definition) is 6. The quantitative estimate of drug-likeness (QED) is 0.470. The molecule has 0 spiro atoms. The number of allylic oxidation sites excluding steroid dienone is 4. The van der Waals surface area contributed by atoms with Crippen molar-refractivity contribution < 1.29 is 19.4 Å². The number of ketones is 2. The Balaban J connectivity index is 2.81. The second-order valence-corrected chi connectivity index (χ2v) is 4.39. The number of carbonyl (C=O) groups excluding carboxylic acids is 2. The van der Waals surface area contributed by atoms with E-state index in [-0.39, 0.29) is 16.9 Å². The minimum Gasteiger partial charge on any atom is -0.859 e. The molecule has 1 aliphatic rings. The van der Waals surface area contributed by atoms with E-state index in [1.165, 1.54) is 21.2 Å². The van der Waals surface area contributed by atoms with E-state index in [9.17, 15) is 24.3 Å². The third-order valence-corrected chi connectivity index (χ3v) is 3.14. The van der Waals surface area contributed by atoms with Crippen molar-refractivity contribution in [2.75, 3.05) is 7.11 Å². The molecule has 0 atom stereocenters. The van der Waals surface area contributed by atoms with Gasteiger partial charge in [0.05, 0.1) is 12.7 Å². The molecule has 0 radical (unpaired) electrons. The van der Waals surface area contributed by atoms with E-state index >= 15 is 0 Å². The van der Waals surface area contributed by atoms with E-state index in [0.717, 1.165) is 21.3 Å². The molecule has 1 aliphatic carbocycles. The van der Waals surface area contributed by atoms with Gasteiger partial charge in [-0.1, -0.05) is 0 Å². The van der Waals surface area contributed by atoms with Gasteiger partial charge in [-0.2, -0.15) is 0 Å². The average Bonchev–Trinajstić information content (AvgIpc) is 2.46. The van der Waals surface area contributed by atoms with Crippen LogP contribution in [0, 0.1) is 0 Å². The van der Waals surface area contributed by atoms with Crippen LogP contribution < -0.4 is 16.4 Å². The van der Waals surface area contributed by atoms with E-state index in [1.807, 2.05) is 0 Å². The summed E-state index contributed by atoms with van der Waals surface area (Å²) in [7, 11) is 3.62. The molecule has 110 valence electrons. The Bertz CT molecular complexity index is 837. The number of nitrogens with zero attached hydrogens (tertiary/aromatic N) is 2. The number of methoxy groups -OCH3 is 1. The molecule has 1 aromatic heterocycles. The number of ether oxygens (including phenoxy) is 1. The fourth-order valence-electron chi connectivity index (χ4n) is 1.95. The van der Waals surface area contributed by atoms with Crippen LogP contribution in [0.1, 0.15) is 5.56 Å². The van der Waals surface area contributed by atoms with Crippen LogP contribution in [0.25, 0.3) is 5.57 Å². The molecular formula is C13H11N2O6-. The molecule has 1 aromatic rings. The molecule has 0 saturated carbocycles. The Kier molecular flexibility index (Phi) is 3.38. The maximum atomic E-state index is 12.1. The van der Waals surface area contributed by atoms with Gasteiger partial charge in [-0.15, -0.1) is 0 Å². The lowest BCUT2D eigenvalue weighted by molar-refractivity contribution is -0.280. The SMILES string of the molecule is COC1=CC(c2c([O-])n(C)c(=O)n(C)c2=O)=CC(=O)C1=O. The van der Waals surface area contributed by atoms with Gasteiger partial charge in [-0.25, -0.2) is 4.79 Å². The van der Waals surface area contributed by atoms with Crippen molar-refractivity contribution in [3.05, 3.63) is 44.3 Å². The largest absolute Gasteiger partial charge is 0.859 e. The van der Waals surface area contributed by atoms with Crippen LogP contribution in [-0.4, -0.2) is 27.8 Å². The maximum Gasteiger partial charge on any atom is 0.329 e. The average molecular weight is 291 g/mol. The molecule has 8 nitrogen and oxygen atoms in total. The van der Waals surface area contributed by atoms with E-state index in [4.69, 9.17) is 4.74 Å². The van der Waals surface area contributed by atoms with Crippen molar-refractivity contribution in [3.8, 4) is 5.88 Å². The van der Waals surface area contributed by atoms with Crippen molar-refractivity contribution in [3.63, 3.8) is 0 Å². The first kappa shape index (κ1) is 14.5. The molecule has 8 heteroatoms. The van der Waals surface area contributed by atoms with Gasteiger partial charge >= 0.3 is 5.69 Å². The Morgan fingerprint density at radius 2 is 1.67 bits per heavy atom.